The van der Waals surface area contributed by atoms with Crippen molar-refractivity contribution < 1.29 is 5.11 Å². The molecular formula is C27H18N4O2. The summed E-state index contributed by atoms with van der Waals surface area (Å²) in [6.45, 7) is 0. The minimum absolute atomic E-state index is 0.162. The van der Waals surface area contributed by atoms with Gasteiger partial charge in [-0.1, -0.05) is 72.8 Å². The van der Waals surface area contributed by atoms with Gasteiger partial charge in [0.15, 0.2) is 0 Å². The van der Waals surface area contributed by atoms with Gasteiger partial charge in [0, 0.05) is 17.1 Å². The van der Waals surface area contributed by atoms with Gasteiger partial charge in [-0.05, 0) is 29.3 Å². The molecule has 0 aliphatic carbocycles. The number of hydrogen-bond acceptors (Lipinski definition) is 4. The normalized spacial score (nSPS) is 11.3. The van der Waals surface area contributed by atoms with Gasteiger partial charge < -0.3 is 10.1 Å². The first-order valence-corrected chi connectivity index (χ1v) is 10.5. The molecule has 6 heteroatoms. The Balaban J connectivity index is 1.66. The Morgan fingerprint density at radius 2 is 1.48 bits per heavy atom. The molecule has 0 unspecified atom stereocenters. The molecule has 0 amide bonds. The van der Waals surface area contributed by atoms with Gasteiger partial charge in [0.05, 0.1) is 11.1 Å². The van der Waals surface area contributed by atoms with Crippen LogP contribution in [0.3, 0.4) is 0 Å². The molecule has 0 spiro atoms. The molecule has 158 valence electrons. The van der Waals surface area contributed by atoms with Crippen LogP contribution in [0.4, 0.5) is 0 Å². The molecule has 3 aromatic heterocycles. The molecular weight excluding hydrogens is 412 g/mol. The van der Waals surface area contributed by atoms with Crippen molar-refractivity contribution in [1.82, 2.24) is 19.6 Å². The van der Waals surface area contributed by atoms with E-state index in [0.29, 0.717) is 16.9 Å². The Hall–Kier alpha value is -4.71. The maximum atomic E-state index is 13.2. The monoisotopic (exact) mass is 430 g/mol. The number of aromatic hydroxyl groups is 1. The summed E-state index contributed by atoms with van der Waals surface area (Å²) in [5, 5.41) is 16.9. The fourth-order valence-corrected chi connectivity index (χ4v) is 4.23. The first-order chi connectivity index (χ1) is 16.2. The molecule has 2 N–H and O–H groups in total. The summed E-state index contributed by atoms with van der Waals surface area (Å²) < 4.78 is 1.41. The molecule has 0 saturated heterocycles. The maximum Gasteiger partial charge on any atom is 0.262 e. The highest BCUT2D eigenvalue weighted by molar-refractivity contribution is 5.92. The number of benzene rings is 3. The molecule has 0 fully saturated rings. The zero-order valence-electron chi connectivity index (χ0n) is 17.4. The van der Waals surface area contributed by atoms with Crippen molar-refractivity contribution in [3.05, 3.63) is 108 Å². The molecule has 0 aliphatic heterocycles. The number of aromatic amines is 1. The van der Waals surface area contributed by atoms with Gasteiger partial charge in [-0.25, -0.2) is 0 Å². The van der Waals surface area contributed by atoms with Gasteiger partial charge >= 0.3 is 0 Å². The second-order valence-corrected chi connectivity index (χ2v) is 7.78. The van der Waals surface area contributed by atoms with Crippen LogP contribution in [-0.2, 0) is 0 Å². The van der Waals surface area contributed by atoms with Crippen LogP contribution in [0, 0.1) is 0 Å². The third-order valence-electron chi connectivity index (χ3n) is 5.77. The van der Waals surface area contributed by atoms with Gasteiger partial charge in [0.1, 0.15) is 16.9 Å². The van der Waals surface area contributed by atoms with Crippen LogP contribution < -0.4 is 5.56 Å². The van der Waals surface area contributed by atoms with Crippen LogP contribution in [0.1, 0.15) is 0 Å². The average molecular weight is 430 g/mol. The lowest BCUT2D eigenvalue weighted by atomic mass is 10.0. The van der Waals surface area contributed by atoms with Crippen LogP contribution >= 0.6 is 0 Å². The zero-order chi connectivity index (χ0) is 22.4. The van der Waals surface area contributed by atoms with Crippen molar-refractivity contribution >= 4 is 16.6 Å². The van der Waals surface area contributed by atoms with Crippen LogP contribution in [-0.4, -0.2) is 24.7 Å². The van der Waals surface area contributed by atoms with E-state index < -0.39 is 0 Å². The molecule has 0 aliphatic rings. The van der Waals surface area contributed by atoms with Crippen LogP contribution in [0.5, 0.6) is 5.88 Å². The molecule has 0 bridgehead atoms. The Morgan fingerprint density at radius 3 is 2.24 bits per heavy atom. The number of hydrogen-bond donors (Lipinski definition) is 2. The van der Waals surface area contributed by atoms with E-state index in [1.807, 2.05) is 84.9 Å². The molecule has 0 saturated carbocycles. The fraction of sp³-hybridized carbons (Fsp3) is 0. The van der Waals surface area contributed by atoms with Crippen molar-refractivity contribution in [2.45, 2.75) is 0 Å². The van der Waals surface area contributed by atoms with Gasteiger partial charge in [0.25, 0.3) is 5.56 Å². The van der Waals surface area contributed by atoms with E-state index >= 15 is 0 Å². The average Bonchev–Trinajstić information content (AvgIpc) is 3.24. The summed E-state index contributed by atoms with van der Waals surface area (Å²) in [7, 11) is 0. The molecule has 6 rings (SSSR count). The first-order valence-electron chi connectivity index (χ1n) is 10.5. The summed E-state index contributed by atoms with van der Waals surface area (Å²) in [6.07, 6.45) is 1.72. The zero-order valence-corrected chi connectivity index (χ0v) is 17.4. The van der Waals surface area contributed by atoms with E-state index in [1.165, 1.54) is 4.52 Å². The van der Waals surface area contributed by atoms with Crippen LogP contribution in [0.15, 0.2) is 102 Å². The number of fused-ring (bicyclic) bond motifs is 2. The standard InChI is InChI=1S/C27H18N4O2/c32-26-23(20-13-14-21-19(16-20)12-7-15-28-21)27(33)31-25(29-26)22(17-8-3-1-4-9-17)24(30-31)18-10-5-2-6-11-18/h1-16,33H,(H,29,32). The highest BCUT2D eigenvalue weighted by Gasteiger charge is 2.22. The summed E-state index contributed by atoms with van der Waals surface area (Å²) >= 11 is 0. The number of nitrogens with one attached hydrogen (secondary N) is 1. The van der Waals surface area contributed by atoms with Crippen LogP contribution in [0.2, 0.25) is 0 Å². The van der Waals surface area contributed by atoms with E-state index in [9.17, 15) is 9.90 Å². The second-order valence-electron chi connectivity index (χ2n) is 7.78. The minimum atomic E-state index is -0.389. The third kappa shape index (κ3) is 3.08. The highest BCUT2D eigenvalue weighted by atomic mass is 16.3. The molecule has 6 aromatic rings. The van der Waals surface area contributed by atoms with Crippen LogP contribution in [0.25, 0.3) is 50.1 Å². The minimum Gasteiger partial charge on any atom is -0.493 e. The Kier molecular flexibility index (Phi) is 4.30. The highest BCUT2D eigenvalue weighted by Crippen LogP contribution is 2.37. The lowest BCUT2D eigenvalue weighted by Crippen LogP contribution is -2.12. The lowest BCUT2D eigenvalue weighted by Gasteiger charge is -2.08. The predicted octanol–water partition coefficient (Wildman–Crippen LogP) is 5.28. The van der Waals surface area contributed by atoms with E-state index in [-0.39, 0.29) is 17.0 Å². The predicted molar refractivity (Wildman–Crippen MR) is 129 cm³/mol. The Bertz CT molecular complexity index is 1690. The third-order valence-corrected chi connectivity index (χ3v) is 5.77. The molecule has 3 aromatic carbocycles. The summed E-state index contributed by atoms with van der Waals surface area (Å²) in [5.74, 6) is -0.212. The summed E-state index contributed by atoms with van der Waals surface area (Å²) in [4.78, 5) is 20.5. The SMILES string of the molecule is O=c1[nH]c2c(-c3ccccc3)c(-c3ccccc3)nn2c(O)c1-c1ccc2ncccc2c1. The summed E-state index contributed by atoms with van der Waals surface area (Å²) in [5.41, 5.74) is 4.83. The topological polar surface area (TPSA) is 83.3 Å². The van der Waals surface area contributed by atoms with Gasteiger partial charge in [-0.15, -0.1) is 0 Å². The quantitative estimate of drug-likeness (QED) is 0.400. The van der Waals surface area contributed by atoms with Gasteiger partial charge in [-0.3, -0.25) is 9.78 Å². The molecule has 3 heterocycles. The fourth-order valence-electron chi connectivity index (χ4n) is 4.23. The van der Waals surface area contributed by atoms with Crippen molar-refractivity contribution in [2.24, 2.45) is 0 Å². The van der Waals surface area contributed by atoms with E-state index in [2.05, 4.69) is 9.97 Å². The molecule has 6 nitrogen and oxygen atoms in total. The summed E-state index contributed by atoms with van der Waals surface area (Å²) in [6, 6.07) is 28.7. The smallest absolute Gasteiger partial charge is 0.262 e. The number of rotatable bonds is 3. The van der Waals surface area contributed by atoms with Gasteiger partial charge in [0.2, 0.25) is 5.88 Å². The largest absolute Gasteiger partial charge is 0.493 e. The molecule has 0 atom stereocenters. The molecule has 33 heavy (non-hydrogen) atoms. The van der Waals surface area contributed by atoms with Crippen molar-refractivity contribution in [2.75, 3.05) is 0 Å². The second kappa shape index (κ2) is 7.46. The van der Waals surface area contributed by atoms with Crippen molar-refractivity contribution in [3.8, 4) is 39.4 Å². The van der Waals surface area contributed by atoms with E-state index in [4.69, 9.17) is 5.10 Å². The number of aromatic nitrogens is 4. The number of pyridine rings is 1. The number of nitrogens with zero attached hydrogens (tertiary/aromatic N) is 3. The Labute approximate surface area is 188 Å². The maximum absolute atomic E-state index is 13.2. The van der Waals surface area contributed by atoms with E-state index in [1.54, 1.807) is 12.3 Å². The number of H-pyrrole nitrogens is 1. The Morgan fingerprint density at radius 1 is 0.758 bits per heavy atom. The van der Waals surface area contributed by atoms with Crippen molar-refractivity contribution in [1.29, 1.82) is 0 Å². The molecule has 0 radical (unpaired) electrons. The van der Waals surface area contributed by atoms with Crippen molar-refractivity contribution in [3.63, 3.8) is 0 Å². The van der Waals surface area contributed by atoms with Gasteiger partial charge in [-0.2, -0.15) is 9.61 Å². The first kappa shape index (κ1) is 19.0. The lowest BCUT2D eigenvalue weighted by molar-refractivity contribution is 0.437. The van der Waals surface area contributed by atoms with E-state index in [0.717, 1.165) is 27.6 Å².